The third-order valence-corrected chi connectivity index (χ3v) is 7.45. The normalized spacial score (nSPS) is 15.6. The Morgan fingerprint density at radius 2 is 1.79 bits per heavy atom. The molecule has 5 rings (SSSR count). The molecule has 4 heterocycles. The predicted molar refractivity (Wildman–Crippen MR) is 161 cm³/mol. The minimum Gasteiger partial charge on any atom is -0.492 e. The molecule has 0 radical (unpaired) electrons. The number of fused-ring (bicyclic) bond motifs is 1. The lowest BCUT2D eigenvalue weighted by atomic mass is 9.98. The zero-order chi connectivity index (χ0) is 30.7. The summed E-state index contributed by atoms with van der Waals surface area (Å²) in [6.45, 7) is 12.5. The molecule has 2 aliphatic heterocycles. The van der Waals surface area contributed by atoms with Gasteiger partial charge < -0.3 is 29.3 Å². The van der Waals surface area contributed by atoms with Crippen LogP contribution < -0.4 is 19.7 Å². The Morgan fingerprint density at radius 3 is 2.47 bits per heavy atom. The Bertz CT molecular complexity index is 1440. The summed E-state index contributed by atoms with van der Waals surface area (Å²) in [4.78, 5) is 24.6. The molecular formula is C32H39F2N5O4. The number of hydrogen-bond acceptors (Lipinski definition) is 8. The van der Waals surface area contributed by atoms with Gasteiger partial charge in [0.1, 0.15) is 35.4 Å². The van der Waals surface area contributed by atoms with E-state index in [2.05, 4.69) is 15.3 Å². The summed E-state index contributed by atoms with van der Waals surface area (Å²) in [5.41, 5.74) is 0.704. The number of rotatable bonds is 7. The van der Waals surface area contributed by atoms with Crippen molar-refractivity contribution in [2.24, 2.45) is 5.92 Å². The maximum Gasteiger partial charge on any atom is 0.410 e. The molecule has 11 heteroatoms. The van der Waals surface area contributed by atoms with Crippen LogP contribution in [-0.4, -0.2) is 65.5 Å². The number of pyridine rings is 2. The summed E-state index contributed by atoms with van der Waals surface area (Å²) in [7, 11) is 0. The van der Waals surface area contributed by atoms with Gasteiger partial charge in [-0.25, -0.2) is 23.5 Å². The number of aromatic nitrogens is 2. The third-order valence-electron chi connectivity index (χ3n) is 7.45. The van der Waals surface area contributed by atoms with Gasteiger partial charge in [0, 0.05) is 24.7 Å². The first-order chi connectivity index (χ1) is 20.5. The lowest BCUT2D eigenvalue weighted by Gasteiger charge is -2.35. The van der Waals surface area contributed by atoms with Crippen LogP contribution in [0, 0.1) is 17.6 Å². The fraction of sp³-hybridized carbons (Fsp3) is 0.469. The number of amides is 1. The number of hydrogen-bond donors (Lipinski definition) is 1. The van der Waals surface area contributed by atoms with E-state index in [9.17, 15) is 9.18 Å². The van der Waals surface area contributed by atoms with Gasteiger partial charge in [-0.3, -0.25) is 0 Å². The molecule has 0 saturated carbocycles. The maximum atomic E-state index is 15.0. The van der Waals surface area contributed by atoms with E-state index in [1.807, 2.05) is 39.5 Å². The van der Waals surface area contributed by atoms with Crippen molar-refractivity contribution in [2.45, 2.75) is 59.1 Å². The van der Waals surface area contributed by atoms with E-state index in [-0.39, 0.29) is 23.4 Å². The molecule has 230 valence electrons. The molecule has 43 heavy (non-hydrogen) atoms. The molecule has 1 amide bonds. The van der Waals surface area contributed by atoms with Crippen LogP contribution >= 0.6 is 0 Å². The van der Waals surface area contributed by atoms with Gasteiger partial charge in [0.15, 0.2) is 11.6 Å². The van der Waals surface area contributed by atoms with Gasteiger partial charge in [-0.05, 0) is 89.3 Å². The molecule has 0 unspecified atom stereocenters. The molecule has 0 atom stereocenters. The van der Waals surface area contributed by atoms with Crippen molar-refractivity contribution in [1.29, 1.82) is 0 Å². The van der Waals surface area contributed by atoms with E-state index in [0.717, 1.165) is 19.0 Å². The Hall–Kier alpha value is -4.15. The van der Waals surface area contributed by atoms with Gasteiger partial charge in [0.2, 0.25) is 0 Å². The minimum atomic E-state index is -0.564. The van der Waals surface area contributed by atoms with Gasteiger partial charge in [0.25, 0.3) is 0 Å². The van der Waals surface area contributed by atoms with E-state index in [0.29, 0.717) is 67.4 Å². The smallest absolute Gasteiger partial charge is 0.410 e. The average Bonchev–Trinajstić information content (AvgIpc) is 2.97. The highest BCUT2D eigenvalue weighted by atomic mass is 19.1. The van der Waals surface area contributed by atoms with Crippen LogP contribution in [0.25, 0.3) is 11.1 Å². The highest BCUT2D eigenvalue weighted by molar-refractivity contribution is 5.76. The molecule has 1 aromatic carbocycles. The fourth-order valence-electron chi connectivity index (χ4n) is 5.22. The molecule has 0 spiro atoms. The molecule has 9 nitrogen and oxygen atoms in total. The first kappa shape index (κ1) is 30.3. The van der Waals surface area contributed by atoms with Gasteiger partial charge in [0.05, 0.1) is 31.2 Å². The Kier molecular flexibility index (Phi) is 8.89. The quantitative estimate of drug-likeness (QED) is 0.319. The van der Waals surface area contributed by atoms with Crippen LogP contribution in [0.4, 0.5) is 30.9 Å². The summed E-state index contributed by atoms with van der Waals surface area (Å²) in [5.74, 6) is 0.902. The van der Waals surface area contributed by atoms with Gasteiger partial charge in [-0.2, -0.15) is 0 Å². The van der Waals surface area contributed by atoms with Crippen LogP contribution in [0.1, 0.15) is 47.5 Å². The van der Waals surface area contributed by atoms with Crippen molar-refractivity contribution >= 4 is 23.4 Å². The Balaban J connectivity index is 1.19. The molecule has 0 bridgehead atoms. The molecule has 1 N–H and O–H groups in total. The number of halogens is 2. The van der Waals surface area contributed by atoms with Crippen LogP contribution in [0.2, 0.25) is 0 Å². The highest BCUT2D eigenvalue weighted by Gasteiger charge is 2.28. The summed E-state index contributed by atoms with van der Waals surface area (Å²) in [6.07, 6.45) is 4.12. The average molecular weight is 596 g/mol. The lowest BCUT2D eigenvalue weighted by Crippen LogP contribution is -2.42. The monoisotopic (exact) mass is 595 g/mol. The Labute approximate surface area is 251 Å². The van der Waals surface area contributed by atoms with Crippen molar-refractivity contribution < 1.29 is 27.8 Å². The van der Waals surface area contributed by atoms with Crippen molar-refractivity contribution in [2.75, 3.05) is 43.1 Å². The highest BCUT2D eigenvalue weighted by Crippen LogP contribution is 2.40. The number of nitrogens with one attached hydrogen (secondary N) is 1. The second-order valence-electron chi connectivity index (χ2n) is 12.2. The molecule has 3 aromatic rings. The zero-order valence-electron chi connectivity index (χ0n) is 25.3. The predicted octanol–water partition coefficient (Wildman–Crippen LogP) is 6.80. The second kappa shape index (κ2) is 12.6. The molecule has 2 aromatic heterocycles. The van der Waals surface area contributed by atoms with Crippen LogP contribution in [0.15, 0.2) is 42.7 Å². The number of ether oxygens (including phenoxy) is 3. The summed E-state index contributed by atoms with van der Waals surface area (Å²) >= 11 is 0. The maximum absolute atomic E-state index is 15.0. The fourth-order valence-corrected chi connectivity index (χ4v) is 5.22. The van der Waals surface area contributed by atoms with Crippen molar-refractivity contribution in [3.8, 4) is 22.6 Å². The Morgan fingerprint density at radius 1 is 1.05 bits per heavy atom. The summed E-state index contributed by atoms with van der Waals surface area (Å²) in [6, 6.07) is 8.26. The number of anilines is 3. The van der Waals surface area contributed by atoms with E-state index in [1.165, 1.54) is 12.1 Å². The van der Waals surface area contributed by atoms with E-state index in [4.69, 9.17) is 14.2 Å². The van der Waals surface area contributed by atoms with Gasteiger partial charge in [-0.15, -0.1) is 0 Å². The number of carbonyl (C=O) groups excluding carboxylic acids is 1. The van der Waals surface area contributed by atoms with Crippen molar-refractivity contribution in [1.82, 2.24) is 14.9 Å². The standard InChI is InChI=1S/C32H39F2N5O4/c1-20(2)39-12-13-41-30-25(33)14-22(15-27(30)39)24-16-29(36-18-26(24)34)37-28-7-6-23(17-35-28)42-19-21-8-10-38(11-9-21)31(40)43-32(3,4)5/h6-7,14-18,20-21H,8-13,19H2,1-5H3,(H,35,36,37). The first-order valence-corrected chi connectivity index (χ1v) is 14.7. The second-order valence-corrected chi connectivity index (χ2v) is 12.2. The van der Waals surface area contributed by atoms with Crippen molar-refractivity contribution in [3.05, 3.63) is 54.4 Å². The SMILES string of the molecule is CC(C)N1CCOc2c(F)cc(-c3cc(Nc4ccc(OCC5CCN(C(=O)OC(C)(C)C)CC5)cn4)ncc3F)cc21. The lowest BCUT2D eigenvalue weighted by molar-refractivity contribution is 0.0165. The minimum absolute atomic E-state index is 0.132. The number of benzene rings is 1. The molecule has 2 aliphatic rings. The third kappa shape index (κ3) is 7.44. The number of piperidine rings is 1. The van der Waals surface area contributed by atoms with Gasteiger partial charge >= 0.3 is 6.09 Å². The zero-order valence-corrected chi connectivity index (χ0v) is 25.3. The van der Waals surface area contributed by atoms with Crippen LogP contribution in [0.3, 0.4) is 0 Å². The largest absolute Gasteiger partial charge is 0.492 e. The van der Waals surface area contributed by atoms with E-state index < -0.39 is 17.2 Å². The number of likely N-dealkylation sites (tertiary alicyclic amines) is 1. The number of carbonyl (C=O) groups is 1. The molecule has 1 fully saturated rings. The van der Waals surface area contributed by atoms with E-state index in [1.54, 1.807) is 29.3 Å². The topological polar surface area (TPSA) is 89.1 Å². The first-order valence-electron chi connectivity index (χ1n) is 14.7. The molecular weight excluding hydrogens is 556 g/mol. The van der Waals surface area contributed by atoms with Crippen LogP contribution in [-0.2, 0) is 4.74 Å². The molecule has 0 aliphatic carbocycles. The summed E-state index contributed by atoms with van der Waals surface area (Å²) in [5, 5.41) is 3.09. The summed E-state index contributed by atoms with van der Waals surface area (Å²) < 4.78 is 46.9. The van der Waals surface area contributed by atoms with E-state index >= 15 is 4.39 Å². The van der Waals surface area contributed by atoms with Gasteiger partial charge in [-0.1, -0.05) is 0 Å². The van der Waals surface area contributed by atoms with Crippen LogP contribution in [0.5, 0.6) is 11.5 Å². The molecule has 1 saturated heterocycles. The number of nitrogens with zero attached hydrogens (tertiary/aromatic N) is 4. The van der Waals surface area contributed by atoms with Crippen molar-refractivity contribution in [3.63, 3.8) is 0 Å².